The van der Waals surface area contributed by atoms with Crippen LogP contribution in [0.5, 0.6) is 0 Å². The molecule has 0 aromatic heterocycles. The van der Waals surface area contributed by atoms with Crippen LogP contribution in [0.25, 0.3) is 0 Å². The van der Waals surface area contributed by atoms with E-state index in [-0.39, 0.29) is 11.6 Å². The number of hydrogen-bond donors (Lipinski definition) is 2. The lowest BCUT2D eigenvalue weighted by molar-refractivity contribution is -0.112. The lowest BCUT2D eigenvalue weighted by Gasteiger charge is -2.19. The molecule has 0 aliphatic rings. The van der Waals surface area contributed by atoms with Gasteiger partial charge in [-0.1, -0.05) is 78.3 Å². The van der Waals surface area contributed by atoms with E-state index in [9.17, 15) is 10.1 Å². The van der Waals surface area contributed by atoms with Crippen LogP contribution in [0.3, 0.4) is 0 Å². The van der Waals surface area contributed by atoms with Crippen molar-refractivity contribution >= 4 is 23.2 Å². The van der Waals surface area contributed by atoms with Crippen LogP contribution in [-0.4, -0.2) is 5.91 Å². The zero-order valence-electron chi connectivity index (χ0n) is 15.9. The number of nitrogens with zero attached hydrogens (tertiary/aromatic N) is 1. The summed E-state index contributed by atoms with van der Waals surface area (Å²) >= 11 is 6.11. The minimum absolute atomic E-state index is 0.0291. The number of carbonyl (C=O) groups excluding carboxylic acids is 1. The summed E-state index contributed by atoms with van der Waals surface area (Å²) in [5, 5.41) is 16.0. The molecular weight excluding hydrogens is 382 g/mol. The standard InChI is InChI=1S/C24H20ClN3O/c1-17-12-13-21(14-22(17)25)28-24(29)20(15-26)16-27-23(18-8-4-2-5-9-18)19-10-6-3-7-11-19/h2-14,16,23,27H,1H3,(H,28,29)/b20-16-. The number of halogens is 1. The number of nitriles is 1. The molecule has 0 heterocycles. The molecule has 0 unspecified atom stereocenters. The van der Waals surface area contributed by atoms with E-state index in [1.54, 1.807) is 12.1 Å². The van der Waals surface area contributed by atoms with Gasteiger partial charge in [0.15, 0.2) is 0 Å². The number of aryl methyl sites for hydroxylation is 1. The van der Waals surface area contributed by atoms with Crippen LogP contribution in [0.4, 0.5) is 5.69 Å². The van der Waals surface area contributed by atoms with E-state index in [0.717, 1.165) is 16.7 Å². The molecule has 0 saturated heterocycles. The highest BCUT2D eigenvalue weighted by Crippen LogP contribution is 2.23. The SMILES string of the molecule is Cc1ccc(NC(=O)/C(C#N)=C\NC(c2ccccc2)c2ccccc2)cc1Cl. The lowest BCUT2D eigenvalue weighted by Crippen LogP contribution is -2.21. The van der Waals surface area contributed by atoms with Crippen molar-refractivity contribution in [3.8, 4) is 6.07 Å². The molecular formula is C24H20ClN3O. The Morgan fingerprint density at radius 3 is 2.10 bits per heavy atom. The number of amides is 1. The summed E-state index contributed by atoms with van der Waals surface area (Å²) in [5.41, 5.74) is 3.47. The minimum Gasteiger partial charge on any atom is -0.379 e. The molecule has 4 nitrogen and oxygen atoms in total. The molecule has 3 aromatic carbocycles. The van der Waals surface area contributed by atoms with Gasteiger partial charge in [-0.3, -0.25) is 4.79 Å². The molecule has 29 heavy (non-hydrogen) atoms. The van der Waals surface area contributed by atoms with Gasteiger partial charge in [-0.2, -0.15) is 5.26 Å². The quantitative estimate of drug-likeness (QED) is 0.431. The number of carbonyl (C=O) groups is 1. The zero-order chi connectivity index (χ0) is 20.6. The number of anilines is 1. The Hall–Kier alpha value is -3.55. The van der Waals surface area contributed by atoms with Crippen molar-refractivity contribution < 1.29 is 4.79 Å². The van der Waals surface area contributed by atoms with Gasteiger partial charge in [0, 0.05) is 16.9 Å². The third kappa shape index (κ3) is 5.25. The van der Waals surface area contributed by atoms with Crippen LogP contribution >= 0.6 is 11.6 Å². The van der Waals surface area contributed by atoms with Crippen molar-refractivity contribution in [2.75, 3.05) is 5.32 Å². The summed E-state index contributed by atoms with van der Waals surface area (Å²) in [6.07, 6.45) is 1.45. The Balaban J connectivity index is 1.82. The Morgan fingerprint density at radius 2 is 1.59 bits per heavy atom. The highest BCUT2D eigenvalue weighted by atomic mass is 35.5. The molecule has 0 saturated carbocycles. The maximum atomic E-state index is 12.5. The van der Waals surface area contributed by atoms with Crippen molar-refractivity contribution in [2.24, 2.45) is 0 Å². The summed E-state index contributed by atoms with van der Waals surface area (Å²) in [4.78, 5) is 12.5. The van der Waals surface area contributed by atoms with Crippen molar-refractivity contribution in [1.29, 1.82) is 5.26 Å². The van der Waals surface area contributed by atoms with Crippen molar-refractivity contribution in [2.45, 2.75) is 13.0 Å². The fourth-order valence-corrected chi connectivity index (χ4v) is 3.04. The first-order chi connectivity index (χ1) is 14.1. The van der Waals surface area contributed by atoms with Gasteiger partial charge in [0.2, 0.25) is 0 Å². The van der Waals surface area contributed by atoms with E-state index >= 15 is 0 Å². The minimum atomic E-state index is -0.500. The van der Waals surface area contributed by atoms with Crippen LogP contribution < -0.4 is 10.6 Å². The fourth-order valence-electron chi connectivity index (χ4n) is 2.86. The van der Waals surface area contributed by atoms with Crippen molar-refractivity contribution in [3.63, 3.8) is 0 Å². The smallest absolute Gasteiger partial charge is 0.267 e. The van der Waals surface area contributed by atoms with E-state index in [0.29, 0.717) is 10.7 Å². The molecule has 0 bridgehead atoms. The van der Waals surface area contributed by atoms with E-state index in [2.05, 4.69) is 10.6 Å². The van der Waals surface area contributed by atoms with Crippen molar-refractivity contribution in [1.82, 2.24) is 5.32 Å². The topological polar surface area (TPSA) is 64.9 Å². The molecule has 0 fully saturated rings. The summed E-state index contributed by atoms with van der Waals surface area (Å²) in [6.45, 7) is 1.88. The van der Waals surface area contributed by atoms with Crippen LogP contribution in [0.1, 0.15) is 22.7 Å². The summed E-state index contributed by atoms with van der Waals surface area (Å²) in [5.74, 6) is -0.500. The number of benzene rings is 3. The predicted molar refractivity (Wildman–Crippen MR) is 116 cm³/mol. The van der Waals surface area contributed by atoms with Gasteiger partial charge in [-0.05, 0) is 35.7 Å². The van der Waals surface area contributed by atoms with Gasteiger partial charge < -0.3 is 10.6 Å². The first kappa shape index (κ1) is 20.2. The van der Waals surface area contributed by atoms with Crippen molar-refractivity contribution in [3.05, 3.63) is 112 Å². The number of rotatable bonds is 6. The Labute approximate surface area is 175 Å². The molecule has 5 heteroatoms. The second-order valence-electron chi connectivity index (χ2n) is 6.51. The molecule has 3 rings (SSSR count). The average molecular weight is 402 g/mol. The van der Waals surface area contributed by atoms with E-state index in [4.69, 9.17) is 11.6 Å². The zero-order valence-corrected chi connectivity index (χ0v) is 16.6. The average Bonchev–Trinajstić information content (AvgIpc) is 2.75. The molecule has 0 atom stereocenters. The van der Waals surface area contributed by atoms with Gasteiger partial charge >= 0.3 is 0 Å². The summed E-state index contributed by atoms with van der Waals surface area (Å²) in [7, 11) is 0. The maximum Gasteiger partial charge on any atom is 0.267 e. The fraction of sp³-hybridized carbons (Fsp3) is 0.0833. The normalized spacial score (nSPS) is 11.0. The van der Waals surface area contributed by atoms with Crippen LogP contribution in [0.2, 0.25) is 5.02 Å². The Kier molecular flexibility index (Phi) is 6.67. The highest BCUT2D eigenvalue weighted by Gasteiger charge is 2.15. The predicted octanol–water partition coefficient (Wildman–Crippen LogP) is 5.37. The third-order valence-electron chi connectivity index (χ3n) is 4.45. The first-order valence-electron chi connectivity index (χ1n) is 9.12. The lowest BCUT2D eigenvalue weighted by atomic mass is 9.99. The maximum absolute atomic E-state index is 12.5. The van der Waals surface area contributed by atoms with Gasteiger partial charge in [0.05, 0.1) is 6.04 Å². The summed E-state index contributed by atoms with van der Waals surface area (Å²) < 4.78 is 0. The molecule has 2 N–H and O–H groups in total. The Morgan fingerprint density at radius 1 is 1.00 bits per heavy atom. The molecule has 0 aliphatic carbocycles. The largest absolute Gasteiger partial charge is 0.379 e. The molecule has 0 radical (unpaired) electrons. The Bertz CT molecular complexity index is 1020. The van der Waals surface area contributed by atoms with Crippen LogP contribution in [0, 0.1) is 18.3 Å². The van der Waals surface area contributed by atoms with E-state index in [1.807, 2.05) is 79.7 Å². The molecule has 0 spiro atoms. The van der Waals surface area contributed by atoms with E-state index in [1.165, 1.54) is 6.20 Å². The summed E-state index contributed by atoms with van der Waals surface area (Å²) in [6, 6.07) is 26.7. The molecule has 3 aromatic rings. The third-order valence-corrected chi connectivity index (χ3v) is 4.86. The number of hydrogen-bond acceptors (Lipinski definition) is 3. The van der Waals surface area contributed by atoms with Gasteiger partial charge in [0.25, 0.3) is 5.91 Å². The van der Waals surface area contributed by atoms with Gasteiger partial charge in [-0.15, -0.1) is 0 Å². The first-order valence-corrected chi connectivity index (χ1v) is 9.50. The molecule has 0 aliphatic heterocycles. The van der Waals surface area contributed by atoms with Crippen LogP contribution in [0.15, 0.2) is 90.6 Å². The van der Waals surface area contributed by atoms with Gasteiger partial charge in [0.1, 0.15) is 11.6 Å². The van der Waals surface area contributed by atoms with Crippen LogP contribution in [-0.2, 0) is 4.79 Å². The van der Waals surface area contributed by atoms with E-state index < -0.39 is 5.91 Å². The molecule has 1 amide bonds. The van der Waals surface area contributed by atoms with Gasteiger partial charge in [-0.25, -0.2) is 0 Å². The number of nitrogens with one attached hydrogen (secondary N) is 2. The molecule has 144 valence electrons. The highest BCUT2D eigenvalue weighted by molar-refractivity contribution is 6.31. The monoisotopic (exact) mass is 401 g/mol. The second-order valence-corrected chi connectivity index (χ2v) is 6.92. The second kappa shape index (κ2) is 9.59.